The van der Waals surface area contributed by atoms with Gasteiger partial charge in [-0.3, -0.25) is 9.59 Å². The molecule has 8 heteroatoms. The van der Waals surface area contributed by atoms with E-state index in [1.54, 1.807) is 4.90 Å². The van der Waals surface area contributed by atoms with Crippen LogP contribution in [0.2, 0.25) is 5.02 Å². The smallest absolute Gasteiger partial charge is 0.255 e. The predicted octanol–water partition coefficient (Wildman–Crippen LogP) is 3.21. The minimum absolute atomic E-state index is 0. The Kier molecular flexibility index (Phi) is 8.53. The van der Waals surface area contributed by atoms with E-state index < -0.39 is 5.82 Å². The second-order valence-corrected chi connectivity index (χ2v) is 7.99. The van der Waals surface area contributed by atoms with E-state index in [1.165, 1.54) is 25.0 Å². The SMILES string of the molecule is CC(CC(=O)N1CCN(C(=O)c2ccc(F)cc2Cl)CC1)C1CCCNC1.Cl. The fourth-order valence-corrected chi connectivity index (χ4v) is 4.18. The molecular weight excluding hydrogens is 404 g/mol. The Morgan fingerprint density at radius 2 is 1.93 bits per heavy atom. The minimum Gasteiger partial charge on any atom is -0.339 e. The number of halogens is 3. The molecule has 0 radical (unpaired) electrons. The number of piperazine rings is 1. The Bertz CT molecular complexity index is 690. The normalized spacial score (nSPS) is 21.0. The Morgan fingerprint density at radius 1 is 1.25 bits per heavy atom. The average molecular weight is 432 g/mol. The highest BCUT2D eigenvalue weighted by molar-refractivity contribution is 6.33. The molecule has 2 aliphatic heterocycles. The highest BCUT2D eigenvalue weighted by Crippen LogP contribution is 2.24. The standard InChI is InChI=1S/C20H27ClFN3O2.ClH/c1-14(15-3-2-6-23-13-15)11-19(26)24-7-9-25(10-8-24)20(27)17-5-4-16(22)12-18(17)21;/h4-5,12,14-15,23H,2-3,6-11,13H2,1H3;1H. The van der Waals surface area contributed by atoms with Crippen molar-refractivity contribution in [2.24, 2.45) is 11.8 Å². The Balaban J connectivity index is 0.00000280. The summed E-state index contributed by atoms with van der Waals surface area (Å²) >= 11 is 6.00. The monoisotopic (exact) mass is 431 g/mol. The fourth-order valence-electron chi connectivity index (χ4n) is 3.93. The molecule has 0 aliphatic carbocycles. The summed E-state index contributed by atoms with van der Waals surface area (Å²) in [6.07, 6.45) is 2.92. The van der Waals surface area contributed by atoms with Gasteiger partial charge in [-0.1, -0.05) is 18.5 Å². The summed E-state index contributed by atoms with van der Waals surface area (Å²) in [5, 5.41) is 3.53. The number of benzene rings is 1. The number of piperidine rings is 1. The van der Waals surface area contributed by atoms with Gasteiger partial charge in [0, 0.05) is 32.6 Å². The number of carbonyl (C=O) groups is 2. The third kappa shape index (κ3) is 5.58. The third-order valence-corrected chi connectivity index (χ3v) is 6.03. The van der Waals surface area contributed by atoms with Crippen molar-refractivity contribution in [3.05, 3.63) is 34.6 Å². The van der Waals surface area contributed by atoms with Gasteiger partial charge < -0.3 is 15.1 Å². The molecule has 2 aliphatic rings. The predicted molar refractivity (Wildman–Crippen MR) is 111 cm³/mol. The summed E-state index contributed by atoms with van der Waals surface area (Å²) in [6, 6.07) is 3.80. The van der Waals surface area contributed by atoms with Crippen LogP contribution in [0, 0.1) is 17.7 Å². The molecule has 2 atom stereocenters. The van der Waals surface area contributed by atoms with Crippen LogP contribution in [0.15, 0.2) is 18.2 Å². The molecule has 2 fully saturated rings. The second kappa shape index (κ2) is 10.4. The lowest BCUT2D eigenvalue weighted by Gasteiger charge is -2.36. The molecule has 3 rings (SSSR count). The number of hydrogen-bond acceptors (Lipinski definition) is 3. The lowest BCUT2D eigenvalue weighted by atomic mass is 9.85. The zero-order valence-electron chi connectivity index (χ0n) is 16.1. The molecule has 0 spiro atoms. The van der Waals surface area contributed by atoms with E-state index in [2.05, 4.69) is 12.2 Å². The molecule has 5 nitrogen and oxygen atoms in total. The van der Waals surface area contributed by atoms with Crippen molar-refractivity contribution < 1.29 is 14.0 Å². The van der Waals surface area contributed by atoms with Gasteiger partial charge >= 0.3 is 0 Å². The summed E-state index contributed by atoms with van der Waals surface area (Å²) in [6.45, 7) is 6.22. The van der Waals surface area contributed by atoms with E-state index in [1.807, 2.05) is 4.90 Å². The van der Waals surface area contributed by atoms with E-state index in [9.17, 15) is 14.0 Å². The van der Waals surface area contributed by atoms with Gasteiger partial charge in [-0.05, 0) is 56.0 Å². The van der Waals surface area contributed by atoms with Crippen LogP contribution in [0.4, 0.5) is 4.39 Å². The van der Waals surface area contributed by atoms with Gasteiger partial charge in [0.05, 0.1) is 10.6 Å². The Labute approximate surface area is 177 Å². The first-order valence-corrected chi connectivity index (χ1v) is 10.1. The van der Waals surface area contributed by atoms with E-state index in [0.29, 0.717) is 50.0 Å². The van der Waals surface area contributed by atoms with E-state index >= 15 is 0 Å². The van der Waals surface area contributed by atoms with Crippen LogP contribution in [0.3, 0.4) is 0 Å². The van der Waals surface area contributed by atoms with Crippen molar-refractivity contribution in [3.63, 3.8) is 0 Å². The summed E-state index contributed by atoms with van der Waals surface area (Å²) in [7, 11) is 0. The van der Waals surface area contributed by atoms with Crippen LogP contribution < -0.4 is 5.32 Å². The zero-order chi connectivity index (χ0) is 19.4. The highest BCUT2D eigenvalue weighted by atomic mass is 35.5. The van der Waals surface area contributed by atoms with Crippen molar-refractivity contribution in [3.8, 4) is 0 Å². The molecule has 2 unspecified atom stereocenters. The number of hydrogen-bond donors (Lipinski definition) is 1. The maximum atomic E-state index is 13.2. The van der Waals surface area contributed by atoms with Crippen LogP contribution in [-0.4, -0.2) is 60.9 Å². The molecule has 2 saturated heterocycles. The van der Waals surface area contributed by atoms with Crippen molar-refractivity contribution in [1.82, 2.24) is 15.1 Å². The maximum Gasteiger partial charge on any atom is 0.255 e. The van der Waals surface area contributed by atoms with Gasteiger partial charge in [0.2, 0.25) is 5.91 Å². The summed E-state index contributed by atoms with van der Waals surface area (Å²) in [4.78, 5) is 28.8. The molecule has 28 heavy (non-hydrogen) atoms. The molecule has 0 bridgehead atoms. The van der Waals surface area contributed by atoms with E-state index in [4.69, 9.17) is 11.6 Å². The summed E-state index contributed by atoms with van der Waals surface area (Å²) in [5.74, 6) is 0.414. The Hall–Kier alpha value is -1.37. The molecule has 1 aromatic carbocycles. The van der Waals surface area contributed by atoms with Crippen LogP contribution >= 0.6 is 24.0 Å². The molecule has 0 aromatic heterocycles. The number of nitrogens with zero attached hydrogens (tertiary/aromatic N) is 2. The highest BCUT2D eigenvalue weighted by Gasteiger charge is 2.28. The van der Waals surface area contributed by atoms with Crippen molar-refractivity contribution in [1.29, 1.82) is 0 Å². The van der Waals surface area contributed by atoms with Crippen molar-refractivity contribution in [2.45, 2.75) is 26.2 Å². The molecule has 156 valence electrons. The quantitative estimate of drug-likeness (QED) is 0.795. The number of nitrogens with one attached hydrogen (secondary N) is 1. The van der Waals surface area contributed by atoms with Crippen LogP contribution in [0.5, 0.6) is 0 Å². The summed E-state index contributed by atoms with van der Waals surface area (Å²) < 4.78 is 13.2. The van der Waals surface area contributed by atoms with Gasteiger partial charge in [-0.2, -0.15) is 0 Å². The summed E-state index contributed by atoms with van der Waals surface area (Å²) in [5.41, 5.74) is 0.302. The average Bonchev–Trinajstić information content (AvgIpc) is 2.68. The topological polar surface area (TPSA) is 52.7 Å². The lowest BCUT2D eigenvalue weighted by molar-refractivity contribution is -0.134. The first-order valence-electron chi connectivity index (χ1n) is 9.68. The van der Waals surface area contributed by atoms with E-state index in [0.717, 1.165) is 19.2 Å². The van der Waals surface area contributed by atoms with Crippen LogP contribution in [0.25, 0.3) is 0 Å². The van der Waals surface area contributed by atoms with Gasteiger partial charge in [0.1, 0.15) is 5.82 Å². The first-order chi connectivity index (χ1) is 13.0. The Morgan fingerprint density at radius 3 is 2.54 bits per heavy atom. The third-order valence-electron chi connectivity index (χ3n) is 5.72. The molecule has 1 aromatic rings. The second-order valence-electron chi connectivity index (χ2n) is 7.58. The van der Waals surface area contributed by atoms with Crippen LogP contribution in [-0.2, 0) is 4.79 Å². The molecule has 0 saturated carbocycles. The fraction of sp³-hybridized carbons (Fsp3) is 0.600. The van der Waals surface area contributed by atoms with Crippen molar-refractivity contribution in [2.75, 3.05) is 39.3 Å². The lowest BCUT2D eigenvalue weighted by Crippen LogP contribution is -2.51. The van der Waals surface area contributed by atoms with Gasteiger partial charge in [0.15, 0.2) is 0 Å². The number of amides is 2. The minimum atomic E-state index is -0.464. The van der Waals surface area contributed by atoms with Crippen LogP contribution in [0.1, 0.15) is 36.5 Å². The first kappa shape index (κ1) is 22.9. The van der Waals surface area contributed by atoms with E-state index in [-0.39, 0.29) is 29.2 Å². The number of rotatable bonds is 4. The van der Waals surface area contributed by atoms with Gasteiger partial charge in [0.25, 0.3) is 5.91 Å². The number of carbonyl (C=O) groups excluding carboxylic acids is 2. The molecule has 2 amide bonds. The molecular formula is C20H28Cl2FN3O2. The molecule has 1 N–H and O–H groups in total. The zero-order valence-corrected chi connectivity index (χ0v) is 17.7. The molecule has 2 heterocycles. The largest absolute Gasteiger partial charge is 0.339 e. The van der Waals surface area contributed by atoms with Crippen molar-refractivity contribution >= 4 is 35.8 Å². The van der Waals surface area contributed by atoms with Gasteiger partial charge in [-0.15, -0.1) is 12.4 Å². The van der Waals surface area contributed by atoms with Gasteiger partial charge in [-0.25, -0.2) is 4.39 Å². The maximum absolute atomic E-state index is 13.2.